The smallest absolute Gasteiger partial charge is 1.00 e. The number of anilines is 8. The van der Waals surface area contributed by atoms with Gasteiger partial charge in [-0.25, -0.2) is 60.3 Å². The van der Waals surface area contributed by atoms with Crippen molar-refractivity contribution in [3.8, 4) is 92.0 Å². The van der Waals surface area contributed by atoms with Crippen molar-refractivity contribution < 1.29 is 229 Å². The largest absolute Gasteiger partial charge is 1.00 e. The monoisotopic (exact) mass is 2340 g/mol. The number of nitrogens with zero attached hydrogens (tertiary/aromatic N) is 4. The van der Waals surface area contributed by atoms with E-state index >= 15 is 0 Å². The molecule has 5 aliphatic rings. The Balaban J connectivity index is -0.000000475. The Labute approximate surface area is 965 Å². The average molecular weight is 2350 g/mol. The summed E-state index contributed by atoms with van der Waals surface area (Å²) in [5.74, 6) is 10.1. The van der Waals surface area contributed by atoms with Gasteiger partial charge in [-0.3, -0.25) is 38.4 Å². The Hall–Kier alpha value is -5.66. The number of ketones is 1. The molecular formula is C88H114Al2Cl11IK2N8O26. The van der Waals surface area contributed by atoms with Gasteiger partial charge >= 0.3 is 126 Å². The van der Waals surface area contributed by atoms with Gasteiger partial charge in [-0.05, 0) is 131 Å². The fraction of sp³-hybridized carbons (Fsp3) is 0.364. The van der Waals surface area contributed by atoms with Crippen LogP contribution in [0, 0.1) is 0 Å². The molecule has 0 radical (unpaired) electrons. The van der Waals surface area contributed by atoms with E-state index in [9.17, 15) is 38.7 Å². The minimum atomic E-state index is -1.72. The van der Waals surface area contributed by atoms with Gasteiger partial charge in [0.25, 0.3) is 18.3 Å². The standard InChI is InChI=1S/C13H19NO2.C12H15NO3.C10H12ClNO3.C10H11NO3.C10H13NO2.C9H10ClNO3.C9H9NO3.C8H11NO2.C2H2Cl2O.C2H3ClO.CH3I.CH2O3.CH4.2Al.6ClH.2K.H/c1-9(2)10-7-11-13(8-12(10)15-4)16-6-5-14(11)3;1-8(14)9-6-10-12(7-11(9)15-3)16-5-4-13(10)2;1-14-7-3-4-8(9(5-7)15-2)12-10(13)6-11;1-11-8-4-3-7(13-2)5-9(8)14-6-10(11)12;1-11-5-6-13-10-7-8(12-2)3-4-9(10)11;1-14-6-2-3-7(8(12)4-6)11-9(13)5-10;1-12-6-2-3-7-8(4-6)13-5-9(11)10-7;1-10-6-3-4-7(9)8(5-6)11-2;3-1-2(4)5;1-2(3)4;1-2;2-1-4-3;;;;;;;;;;;;/h7-9H,5-6H2,1-4H3;6-7H,4-5H2,1-3H3;3-5H,6H2,1-2H3,(H,12,13);3-5H,6H2,1-2H3;3-4,7H,5-6H2,1-2H3;2-4,12H,5H2,1H3,(H,11,13);2-4H,5H2,1H3,(H,10,11);3-5H,9H2,1-2H3;1H2;1H3;1H3;1,3H;1H4;;;6*1H;;;/q;;;;;;;;;;;;;2*+3;;;;;;;2*+1;-1/p-7. The first kappa shape index (κ1) is 139. The molecule has 5 aliphatic heterocycles. The van der Waals surface area contributed by atoms with Crippen LogP contribution >= 0.6 is 141 Å². The van der Waals surface area contributed by atoms with E-state index in [1.54, 1.807) is 154 Å². The number of rotatable bonds is 18. The third-order valence-electron chi connectivity index (χ3n) is 17.1. The summed E-state index contributed by atoms with van der Waals surface area (Å²) in [5.41, 5.74) is 13.6. The van der Waals surface area contributed by atoms with E-state index in [2.05, 4.69) is 104 Å². The number of methoxy groups -OCH3 is 10. The molecule has 0 aromatic heterocycles. The molecule has 754 valence electrons. The third kappa shape index (κ3) is 54.9. The van der Waals surface area contributed by atoms with E-state index in [1.165, 1.54) is 39.7 Å². The number of nitrogen functional groups attached to an aromatic ring is 1. The molecule has 0 atom stereocenters. The van der Waals surface area contributed by atoms with Gasteiger partial charge in [-0.2, -0.15) is 0 Å². The number of aromatic hydroxyl groups is 1. The molecule has 0 aliphatic carbocycles. The summed E-state index contributed by atoms with van der Waals surface area (Å²) in [7, 11) is 53.4. The SMILES string of the molecule is C.CC(=O)Cl.CI.COc1cc2c(cc1C(C)=O)N(C)CCO2.COc1cc2c(cc1C(C)C)N(C)CCO2.COc1ccc(N)c(OC)c1.COc1ccc(NC(=O)CCl)c(O)c1.COc1ccc(NC(=O)CCl)c(OC)c1.COc1ccc2c(c1)OCC(=O)N2.COc1ccc2c(c1)OCC(=O)N2C.COc1ccc2c(c1)OCCN2C.O=C(Cl)CCl.O=CO[O-].[Cl][Al]([Cl])[Cl].[Cl][Al]([Cl])[Cl].[H-].[K+].[K+]. The maximum absolute atomic E-state index is 11.5. The first-order chi connectivity index (χ1) is 64.1. The van der Waals surface area contributed by atoms with E-state index in [1.807, 2.05) is 48.4 Å². The molecule has 0 saturated carbocycles. The number of hydrogen-bond donors (Lipinski definition) is 5. The number of alkyl halides is 4. The summed E-state index contributed by atoms with van der Waals surface area (Å²) in [5, 5.41) is 24.7. The van der Waals surface area contributed by atoms with Crippen LogP contribution in [0.5, 0.6) is 92.0 Å². The summed E-state index contributed by atoms with van der Waals surface area (Å²) in [6.45, 7) is 12.0. The van der Waals surface area contributed by atoms with E-state index in [0.29, 0.717) is 81.1 Å². The molecule has 0 fully saturated rings. The molecule has 138 heavy (non-hydrogen) atoms. The summed E-state index contributed by atoms with van der Waals surface area (Å²) < 4.78 is 77.9. The predicted molar refractivity (Wildman–Crippen MR) is 555 cm³/mol. The molecule has 6 N–H and O–H groups in total. The number of likely N-dealkylation sites (N-methyl/N-ethyl adjacent to an activating group) is 4. The van der Waals surface area contributed by atoms with Gasteiger partial charge in [-0.1, -0.05) is 43.9 Å². The van der Waals surface area contributed by atoms with Gasteiger partial charge in [-0.15, -0.1) is 34.8 Å². The van der Waals surface area contributed by atoms with Gasteiger partial charge in [0.1, 0.15) is 124 Å². The average Bonchev–Trinajstić information content (AvgIpc) is 0.802. The van der Waals surface area contributed by atoms with Gasteiger partial charge < -0.3 is 129 Å². The number of carbonyl (C=O) groups excluding carboxylic acids is 8. The second-order valence-electron chi connectivity index (χ2n) is 26.3. The predicted octanol–water partition coefficient (Wildman–Crippen LogP) is 12.1. The molecule has 5 heterocycles. The molecule has 13 rings (SSSR count). The molecule has 0 bridgehead atoms. The van der Waals surface area contributed by atoms with Crippen molar-refractivity contribution >= 4 is 256 Å². The molecule has 0 saturated heterocycles. The zero-order valence-corrected chi connectivity index (χ0v) is 98.4. The molecule has 34 nitrogen and oxygen atoms in total. The van der Waals surface area contributed by atoms with Crippen molar-refractivity contribution in [3.05, 3.63) is 145 Å². The Morgan fingerprint density at radius 2 is 0.848 bits per heavy atom. The number of fused-ring (bicyclic) bond motifs is 5. The number of phenolic OH excluding ortho intramolecular Hbond substituents is 1. The Kier molecular flexibility index (Phi) is 80.0. The van der Waals surface area contributed by atoms with Crippen LogP contribution in [0.3, 0.4) is 0 Å². The van der Waals surface area contributed by atoms with Gasteiger partial charge in [0.05, 0.1) is 148 Å². The van der Waals surface area contributed by atoms with Crippen molar-refractivity contribution in [1.29, 1.82) is 0 Å². The zero-order valence-electron chi connectivity index (χ0n) is 80.3. The Bertz CT molecular complexity index is 4960. The Morgan fingerprint density at radius 3 is 1.25 bits per heavy atom. The van der Waals surface area contributed by atoms with Crippen molar-refractivity contribution in [2.24, 2.45) is 0 Å². The maximum Gasteiger partial charge on any atom is 1.00 e. The first-order valence-electron chi connectivity index (χ1n) is 39.1. The third-order valence-corrected chi connectivity index (χ3v) is 18.1. The summed E-state index contributed by atoms with van der Waals surface area (Å²) in [6, 6.07) is 39.3. The molecule has 8 aromatic carbocycles. The van der Waals surface area contributed by atoms with Crippen LogP contribution in [-0.2, 0) is 38.4 Å². The van der Waals surface area contributed by atoms with E-state index in [0.717, 1.165) is 102 Å². The fourth-order valence-electron chi connectivity index (χ4n) is 10.7. The molecule has 0 unspecified atom stereocenters. The summed E-state index contributed by atoms with van der Waals surface area (Å²) >= 11 is 23.6. The number of ether oxygens (including phenoxy) is 15. The van der Waals surface area contributed by atoms with Crippen molar-refractivity contribution in [2.75, 3.05) is 216 Å². The van der Waals surface area contributed by atoms with Crippen LogP contribution in [-0.4, -0.2) is 249 Å². The molecule has 50 heteroatoms. The second kappa shape index (κ2) is 79.7. The molecular weight excluding hydrogens is 2230 g/mol. The summed E-state index contributed by atoms with van der Waals surface area (Å²) in [4.78, 5) is 95.6. The number of amides is 4. The van der Waals surface area contributed by atoms with E-state index in [4.69, 9.17) is 194 Å². The number of hydrogen-bond acceptors (Lipinski definition) is 30. The Morgan fingerprint density at radius 1 is 0.500 bits per heavy atom. The van der Waals surface area contributed by atoms with Gasteiger partial charge in [0.15, 0.2) is 19.0 Å². The van der Waals surface area contributed by atoms with Crippen LogP contribution in [0.4, 0.5) is 45.5 Å². The van der Waals surface area contributed by atoms with Crippen molar-refractivity contribution in [1.82, 2.24) is 0 Å². The number of benzene rings is 8. The summed E-state index contributed by atoms with van der Waals surface area (Å²) in [6.07, 6.45) is 0. The van der Waals surface area contributed by atoms with Gasteiger partial charge in [0.2, 0.25) is 22.3 Å². The topological polar surface area (TPSA) is 403 Å². The maximum atomic E-state index is 11.5. The minimum Gasteiger partial charge on any atom is -1.00 e. The van der Waals surface area contributed by atoms with Crippen LogP contribution < -0.4 is 220 Å². The number of carbonyl (C=O) groups is 8. The number of phenols is 1. The minimum absolute atomic E-state index is 0. The quantitative estimate of drug-likeness (QED) is 0.00509. The van der Waals surface area contributed by atoms with Crippen LogP contribution in [0.25, 0.3) is 0 Å². The van der Waals surface area contributed by atoms with E-state index in [-0.39, 0.29) is 189 Å². The molecule has 0 spiro atoms. The zero-order chi connectivity index (χ0) is 103. The normalized spacial score (nSPS) is 11.3. The van der Waals surface area contributed by atoms with Crippen molar-refractivity contribution in [2.45, 2.75) is 41.0 Å². The van der Waals surface area contributed by atoms with E-state index < -0.39 is 28.0 Å². The number of Topliss-reactive ketones (excluding diaryl/α,β-unsaturated/α-hetero) is 1. The number of nitrogens with two attached hydrogens (primary N) is 1. The molecule has 4 amide bonds. The molecule has 8 aromatic rings. The first-order valence-corrected chi connectivity index (χ1v) is 54.1. The number of halogens is 12. The number of nitrogens with one attached hydrogen (secondary N) is 3. The fourth-order valence-corrected chi connectivity index (χ4v) is 10.8. The van der Waals surface area contributed by atoms with Crippen LogP contribution in [0.15, 0.2) is 133 Å². The second-order valence-corrected chi connectivity index (χ2v) is 40.9. The van der Waals surface area contributed by atoms with Crippen LogP contribution in [0.1, 0.15) is 58.4 Å². The van der Waals surface area contributed by atoms with Gasteiger partial charge in [0, 0.05) is 83.6 Å². The van der Waals surface area contributed by atoms with Crippen LogP contribution in [0.2, 0.25) is 0 Å². The van der Waals surface area contributed by atoms with Crippen molar-refractivity contribution in [3.63, 3.8) is 0 Å².